The quantitative estimate of drug-likeness (QED) is 0.438. The molecule has 0 radical (unpaired) electrons. The molecule has 7 heteroatoms. The fraction of sp³-hybridized carbons (Fsp3) is 0.174. The van der Waals surface area contributed by atoms with Gasteiger partial charge < -0.3 is 10.2 Å². The number of rotatable bonds is 5. The third-order valence-corrected chi connectivity index (χ3v) is 5.50. The van der Waals surface area contributed by atoms with Crippen LogP contribution in [0.25, 0.3) is 0 Å². The molecule has 0 spiro atoms. The van der Waals surface area contributed by atoms with E-state index in [0.29, 0.717) is 5.69 Å². The fourth-order valence-corrected chi connectivity index (χ4v) is 3.92. The Morgan fingerprint density at radius 1 is 1.10 bits per heavy atom. The number of fused-ring (bicyclic) bond motifs is 1. The summed E-state index contributed by atoms with van der Waals surface area (Å²) >= 11 is 6.08. The lowest BCUT2D eigenvalue weighted by atomic mass is 10.00. The summed E-state index contributed by atoms with van der Waals surface area (Å²) in [5.41, 5.74) is 4.13. The van der Waals surface area contributed by atoms with Crippen LogP contribution in [0.5, 0.6) is 0 Å². The highest BCUT2D eigenvalue weighted by Crippen LogP contribution is 2.31. The second kappa shape index (κ2) is 8.55. The molecule has 3 aromatic carbocycles. The number of carbonyl (C=O) groups is 1. The van der Waals surface area contributed by atoms with Crippen molar-refractivity contribution in [2.24, 2.45) is 0 Å². The smallest absolute Gasteiger partial charge is 0.270 e. The van der Waals surface area contributed by atoms with Gasteiger partial charge in [-0.3, -0.25) is 14.9 Å². The molecule has 0 bridgehead atoms. The molecule has 30 heavy (non-hydrogen) atoms. The van der Waals surface area contributed by atoms with Crippen LogP contribution in [0.1, 0.15) is 27.9 Å². The first kappa shape index (κ1) is 19.9. The van der Waals surface area contributed by atoms with Gasteiger partial charge in [-0.05, 0) is 48.2 Å². The number of aryl methyl sites for hydroxylation is 1. The number of carbonyl (C=O) groups excluding carboxylic acids is 1. The van der Waals surface area contributed by atoms with Gasteiger partial charge in [0, 0.05) is 36.6 Å². The monoisotopic (exact) mass is 421 g/mol. The maximum Gasteiger partial charge on any atom is 0.270 e. The topological polar surface area (TPSA) is 75.5 Å². The highest BCUT2D eigenvalue weighted by Gasteiger charge is 2.19. The molecular weight excluding hydrogens is 402 g/mol. The van der Waals surface area contributed by atoms with Crippen molar-refractivity contribution < 1.29 is 9.72 Å². The fourth-order valence-electron chi connectivity index (χ4n) is 3.72. The van der Waals surface area contributed by atoms with Gasteiger partial charge in [0.15, 0.2) is 0 Å². The molecule has 4 rings (SSSR count). The number of non-ortho nitro benzene ring substituents is 1. The minimum atomic E-state index is -0.548. The zero-order valence-corrected chi connectivity index (χ0v) is 16.9. The molecule has 0 aromatic heterocycles. The minimum Gasteiger partial charge on any atom is -0.367 e. The average molecular weight is 422 g/mol. The lowest BCUT2D eigenvalue weighted by Gasteiger charge is -2.31. The Kier molecular flexibility index (Phi) is 5.68. The molecule has 1 aliphatic rings. The lowest BCUT2D eigenvalue weighted by Crippen LogP contribution is -2.28. The summed E-state index contributed by atoms with van der Waals surface area (Å²) in [5.74, 6) is -0.472. The number of halogens is 1. The van der Waals surface area contributed by atoms with Gasteiger partial charge in [-0.1, -0.05) is 41.9 Å². The summed E-state index contributed by atoms with van der Waals surface area (Å²) in [5, 5.41) is 14.0. The predicted octanol–water partition coefficient (Wildman–Crippen LogP) is 5.45. The van der Waals surface area contributed by atoms with Crippen LogP contribution in [-0.2, 0) is 13.0 Å². The van der Waals surface area contributed by atoms with Gasteiger partial charge in [-0.25, -0.2) is 0 Å². The molecule has 1 amide bonds. The van der Waals surface area contributed by atoms with Crippen LogP contribution in [0.2, 0.25) is 5.02 Å². The standard InChI is InChI=1S/C23H20ClN3O3/c24-21-10-9-19(27(29)30)14-20(21)23(28)25-18-8-11-22-17(13-18)7-4-12-26(22)15-16-5-2-1-3-6-16/h1-3,5-6,8-11,13-14H,4,7,12,15H2,(H,25,28). The number of anilines is 2. The summed E-state index contributed by atoms with van der Waals surface area (Å²) in [4.78, 5) is 25.4. The van der Waals surface area contributed by atoms with Crippen molar-refractivity contribution in [3.8, 4) is 0 Å². The Labute approximate surface area is 179 Å². The third-order valence-electron chi connectivity index (χ3n) is 5.17. The summed E-state index contributed by atoms with van der Waals surface area (Å²) < 4.78 is 0. The third kappa shape index (κ3) is 4.28. The highest BCUT2D eigenvalue weighted by molar-refractivity contribution is 6.34. The lowest BCUT2D eigenvalue weighted by molar-refractivity contribution is -0.384. The number of hydrogen-bond acceptors (Lipinski definition) is 4. The average Bonchev–Trinajstić information content (AvgIpc) is 2.74. The molecule has 0 saturated heterocycles. The number of nitrogens with one attached hydrogen (secondary N) is 1. The molecule has 152 valence electrons. The second-order valence-corrected chi connectivity index (χ2v) is 7.64. The van der Waals surface area contributed by atoms with Crippen molar-refractivity contribution >= 4 is 34.6 Å². The largest absolute Gasteiger partial charge is 0.367 e. The van der Waals surface area contributed by atoms with Gasteiger partial charge in [-0.2, -0.15) is 0 Å². The van der Waals surface area contributed by atoms with E-state index in [2.05, 4.69) is 22.3 Å². The normalized spacial score (nSPS) is 12.9. The molecule has 0 saturated carbocycles. The molecular formula is C23H20ClN3O3. The Hall–Kier alpha value is -3.38. The first-order valence-electron chi connectivity index (χ1n) is 9.68. The van der Waals surface area contributed by atoms with Gasteiger partial charge in [0.1, 0.15) is 0 Å². The predicted molar refractivity (Wildman–Crippen MR) is 118 cm³/mol. The van der Waals surface area contributed by atoms with Crippen LogP contribution in [0.4, 0.5) is 17.1 Å². The summed E-state index contributed by atoms with van der Waals surface area (Å²) in [6.45, 7) is 1.82. The van der Waals surface area contributed by atoms with E-state index in [-0.39, 0.29) is 16.3 Å². The molecule has 6 nitrogen and oxygen atoms in total. The number of amides is 1. The SMILES string of the molecule is O=C(Nc1ccc2c(c1)CCCN2Cc1ccccc1)c1cc([N+](=O)[O-])ccc1Cl. The number of hydrogen-bond donors (Lipinski definition) is 1. The maximum atomic E-state index is 12.7. The van der Waals surface area contributed by atoms with Crippen LogP contribution < -0.4 is 10.2 Å². The molecule has 1 N–H and O–H groups in total. The van der Waals surface area contributed by atoms with Crippen molar-refractivity contribution in [1.29, 1.82) is 0 Å². The molecule has 0 atom stereocenters. The zero-order chi connectivity index (χ0) is 21.1. The molecule has 3 aromatic rings. The number of nitro groups is 1. The van der Waals surface area contributed by atoms with E-state index >= 15 is 0 Å². The number of benzene rings is 3. The Morgan fingerprint density at radius 2 is 1.90 bits per heavy atom. The van der Waals surface area contributed by atoms with E-state index in [1.165, 1.54) is 29.3 Å². The number of nitro benzene ring substituents is 1. The first-order valence-corrected chi connectivity index (χ1v) is 10.1. The summed E-state index contributed by atoms with van der Waals surface area (Å²) in [6, 6.07) is 20.0. The van der Waals surface area contributed by atoms with Crippen molar-refractivity contribution in [1.82, 2.24) is 0 Å². The van der Waals surface area contributed by atoms with Crippen LogP contribution in [0.3, 0.4) is 0 Å². The maximum absolute atomic E-state index is 12.7. The summed E-state index contributed by atoms with van der Waals surface area (Å²) in [7, 11) is 0. The van der Waals surface area contributed by atoms with Crippen molar-refractivity contribution in [3.63, 3.8) is 0 Å². The Balaban J connectivity index is 1.54. The van der Waals surface area contributed by atoms with Crippen molar-refractivity contribution in [2.75, 3.05) is 16.8 Å². The van der Waals surface area contributed by atoms with Crippen LogP contribution in [-0.4, -0.2) is 17.4 Å². The molecule has 0 fully saturated rings. The van der Waals surface area contributed by atoms with Gasteiger partial charge in [-0.15, -0.1) is 0 Å². The van der Waals surface area contributed by atoms with Gasteiger partial charge in [0.25, 0.3) is 11.6 Å². The van der Waals surface area contributed by atoms with E-state index in [0.717, 1.165) is 31.6 Å². The summed E-state index contributed by atoms with van der Waals surface area (Å²) in [6.07, 6.45) is 1.97. The first-order chi connectivity index (χ1) is 14.5. The Morgan fingerprint density at radius 3 is 2.67 bits per heavy atom. The number of nitrogens with zero attached hydrogens (tertiary/aromatic N) is 2. The van der Waals surface area contributed by atoms with E-state index in [9.17, 15) is 14.9 Å². The van der Waals surface area contributed by atoms with Gasteiger partial charge >= 0.3 is 0 Å². The van der Waals surface area contributed by atoms with Gasteiger partial charge in [0.2, 0.25) is 0 Å². The van der Waals surface area contributed by atoms with E-state index in [1.807, 2.05) is 36.4 Å². The zero-order valence-electron chi connectivity index (χ0n) is 16.2. The minimum absolute atomic E-state index is 0.0780. The van der Waals surface area contributed by atoms with Gasteiger partial charge in [0.05, 0.1) is 15.5 Å². The van der Waals surface area contributed by atoms with E-state index in [4.69, 9.17) is 11.6 Å². The molecule has 1 heterocycles. The second-order valence-electron chi connectivity index (χ2n) is 7.23. The molecule has 1 aliphatic heterocycles. The van der Waals surface area contributed by atoms with Crippen LogP contribution in [0, 0.1) is 10.1 Å². The molecule has 0 aliphatic carbocycles. The Bertz CT molecular complexity index is 1100. The van der Waals surface area contributed by atoms with E-state index in [1.54, 1.807) is 0 Å². The van der Waals surface area contributed by atoms with Crippen LogP contribution >= 0.6 is 11.6 Å². The van der Waals surface area contributed by atoms with Crippen molar-refractivity contribution in [2.45, 2.75) is 19.4 Å². The van der Waals surface area contributed by atoms with Crippen LogP contribution in [0.15, 0.2) is 66.7 Å². The molecule has 0 unspecified atom stereocenters. The highest BCUT2D eigenvalue weighted by atomic mass is 35.5. The van der Waals surface area contributed by atoms with Crippen molar-refractivity contribution in [3.05, 3.63) is 98.6 Å². The van der Waals surface area contributed by atoms with E-state index < -0.39 is 10.8 Å².